The second-order valence-corrected chi connectivity index (χ2v) is 10.3. The molecule has 8 heteroatoms. The Hall–Kier alpha value is -1.77. The van der Waals surface area contributed by atoms with Gasteiger partial charge in [0.1, 0.15) is 5.60 Å². The third-order valence-electron chi connectivity index (χ3n) is 6.86. The summed E-state index contributed by atoms with van der Waals surface area (Å²) in [6, 6.07) is 6.11. The van der Waals surface area contributed by atoms with Gasteiger partial charge < -0.3 is 15.0 Å². The number of rotatable bonds is 3. The molecule has 1 aromatic heterocycles. The van der Waals surface area contributed by atoms with Gasteiger partial charge in [0.25, 0.3) is 0 Å². The number of fused-ring (bicyclic) bond motifs is 2. The average Bonchev–Trinajstić information content (AvgIpc) is 3.16. The molecule has 0 amide bonds. The van der Waals surface area contributed by atoms with E-state index in [4.69, 9.17) is 16.6 Å². The number of allylic oxidation sites excluding steroid dienone is 1. The average molecular weight is 517 g/mol. The molecule has 1 aromatic carbocycles. The fourth-order valence-electron chi connectivity index (χ4n) is 5.31. The molecule has 4 atom stereocenters. The number of halogens is 2. The molecule has 1 aliphatic carbocycles. The number of dihydropyridines is 1. The number of hydrogen-bond donors (Lipinski definition) is 2. The molecule has 0 spiro atoms. The second kappa shape index (κ2) is 8.54. The minimum absolute atomic E-state index is 0.0669. The Bertz CT molecular complexity index is 1120. The van der Waals surface area contributed by atoms with Crippen molar-refractivity contribution in [2.24, 2.45) is 18.0 Å². The summed E-state index contributed by atoms with van der Waals surface area (Å²) in [6.07, 6.45) is 9.65. The minimum atomic E-state index is -1.23. The van der Waals surface area contributed by atoms with Crippen LogP contribution < -0.4 is 5.32 Å². The smallest absolute Gasteiger partial charge is 0.125 e. The summed E-state index contributed by atoms with van der Waals surface area (Å²) >= 11 is 10.1. The van der Waals surface area contributed by atoms with Gasteiger partial charge in [0, 0.05) is 54.9 Å². The molecule has 2 aromatic rings. The van der Waals surface area contributed by atoms with Crippen LogP contribution >= 0.6 is 27.5 Å². The Morgan fingerprint density at radius 1 is 1.28 bits per heavy atom. The third-order valence-corrected chi connectivity index (χ3v) is 7.56. The molecule has 1 saturated heterocycles. The molecule has 3 unspecified atom stereocenters. The lowest BCUT2D eigenvalue weighted by Crippen LogP contribution is -2.49. The van der Waals surface area contributed by atoms with E-state index in [-0.39, 0.29) is 18.0 Å². The summed E-state index contributed by atoms with van der Waals surface area (Å²) in [5, 5.41) is 16.1. The summed E-state index contributed by atoms with van der Waals surface area (Å²) in [5.41, 5.74) is 2.63. The highest BCUT2D eigenvalue weighted by molar-refractivity contribution is 9.12. The SMILES string of the molecule is Cn1cncc1C(C)(O)C1=Cc2cc(Cl)ccc2[C@H](N2CCNCC2)C2N=CC(Br)=CC12. The summed E-state index contributed by atoms with van der Waals surface area (Å²) in [7, 11) is 1.91. The van der Waals surface area contributed by atoms with Gasteiger partial charge in [0.15, 0.2) is 0 Å². The van der Waals surface area contributed by atoms with Gasteiger partial charge in [0.2, 0.25) is 0 Å². The van der Waals surface area contributed by atoms with E-state index in [1.165, 1.54) is 5.56 Å². The zero-order chi connectivity index (χ0) is 22.5. The summed E-state index contributed by atoms with van der Waals surface area (Å²) in [6.45, 7) is 5.65. The number of hydrogen-bond acceptors (Lipinski definition) is 5. The van der Waals surface area contributed by atoms with Crippen LogP contribution in [0.5, 0.6) is 0 Å². The largest absolute Gasteiger partial charge is 0.379 e. The van der Waals surface area contributed by atoms with E-state index in [1.807, 2.05) is 36.9 Å². The first kappa shape index (κ1) is 22.0. The second-order valence-electron chi connectivity index (χ2n) is 8.91. The normalized spacial score (nSPS) is 27.6. The Morgan fingerprint density at radius 3 is 2.78 bits per heavy atom. The zero-order valence-electron chi connectivity index (χ0n) is 18.2. The van der Waals surface area contributed by atoms with Crippen LogP contribution in [-0.2, 0) is 12.6 Å². The van der Waals surface area contributed by atoms with Crippen LogP contribution in [0.4, 0.5) is 0 Å². The van der Waals surface area contributed by atoms with Gasteiger partial charge in [-0.1, -0.05) is 29.8 Å². The number of imidazole rings is 1. The summed E-state index contributed by atoms with van der Waals surface area (Å²) in [4.78, 5) is 11.8. The van der Waals surface area contributed by atoms with Gasteiger partial charge in [-0.25, -0.2) is 4.98 Å². The monoisotopic (exact) mass is 515 g/mol. The molecule has 5 rings (SSSR count). The first-order valence-corrected chi connectivity index (χ1v) is 12.1. The first-order chi connectivity index (χ1) is 15.4. The third kappa shape index (κ3) is 3.80. The van der Waals surface area contributed by atoms with Crippen molar-refractivity contribution in [1.82, 2.24) is 19.8 Å². The molecule has 2 N–H and O–H groups in total. The van der Waals surface area contributed by atoms with Crippen molar-refractivity contribution in [2.45, 2.75) is 24.6 Å². The van der Waals surface area contributed by atoms with Crippen molar-refractivity contribution in [3.8, 4) is 0 Å². The van der Waals surface area contributed by atoms with E-state index in [9.17, 15) is 5.11 Å². The van der Waals surface area contributed by atoms with Gasteiger partial charge in [-0.3, -0.25) is 9.89 Å². The lowest BCUT2D eigenvalue weighted by molar-refractivity contribution is 0.0737. The molecule has 0 bridgehead atoms. The van der Waals surface area contributed by atoms with Crippen LogP contribution in [0.2, 0.25) is 5.02 Å². The number of nitrogens with zero attached hydrogens (tertiary/aromatic N) is 4. The highest BCUT2D eigenvalue weighted by atomic mass is 79.9. The summed E-state index contributed by atoms with van der Waals surface area (Å²) < 4.78 is 2.80. The lowest BCUT2D eigenvalue weighted by atomic mass is 9.77. The Balaban J connectivity index is 1.72. The number of benzene rings is 1. The Labute approximate surface area is 201 Å². The Kier molecular flexibility index (Phi) is 5.88. The van der Waals surface area contributed by atoms with Gasteiger partial charge in [-0.15, -0.1) is 0 Å². The van der Waals surface area contributed by atoms with Crippen molar-refractivity contribution in [2.75, 3.05) is 26.2 Å². The fourth-order valence-corrected chi connectivity index (χ4v) is 5.90. The molecular weight excluding hydrogens is 490 g/mol. The minimum Gasteiger partial charge on any atom is -0.379 e. The highest BCUT2D eigenvalue weighted by Crippen LogP contribution is 2.47. The topological polar surface area (TPSA) is 65.7 Å². The number of aliphatic imine (C=N–C) groups is 1. The van der Waals surface area contributed by atoms with Crippen LogP contribution in [0.15, 0.2) is 51.8 Å². The number of aromatic nitrogens is 2. The van der Waals surface area contributed by atoms with Gasteiger partial charge in [0.05, 0.1) is 30.3 Å². The van der Waals surface area contributed by atoms with Crippen LogP contribution in [0.1, 0.15) is 29.8 Å². The fraction of sp³-hybridized carbons (Fsp3) is 0.417. The summed E-state index contributed by atoms with van der Waals surface area (Å²) in [5.74, 6) is -0.0923. The lowest BCUT2D eigenvalue weighted by Gasteiger charge is -2.42. The van der Waals surface area contributed by atoms with E-state index in [0.717, 1.165) is 47.5 Å². The van der Waals surface area contributed by atoms with Crippen molar-refractivity contribution in [3.63, 3.8) is 0 Å². The molecule has 32 heavy (non-hydrogen) atoms. The molecule has 0 radical (unpaired) electrons. The highest BCUT2D eigenvalue weighted by Gasteiger charge is 2.45. The molecule has 3 aliphatic rings. The van der Waals surface area contributed by atoms with E-state index < -0.39 is 5.60 Å². The molecule has 2 aliphatic heterocycles. The van der Waals surface area contributed by atoms with Gasteiger partial charge in [-0.05, 0) is 51.7 Å². The number of aliphatic hydroxyl groups is 1. The molecule has 3 heterocycles. The van der Waals surface area contributed by atoms with Crippen molar-refractivity contribution >= 4 is 39.8 Å². The van der Waals surface area contributed by atoms with Crippen molar-refractivity contribution in [1.29, 1.82) is 0 Å². The number of nitrogens with one attached hydrogen (secondary N) is 1. The molecule has 1 fully saturated rings. The van der Waals surface area contributed by atoms with Crippen LogP contribution in [0.3, 0.4) is 0 Å². The zero-order valence-corrected chi connectivity index (χ0v) is 20.5. The van der Waals surface area contributed by atoms with Gasteiger partial charge in [-0.2, -0.15) is 0 Å². The predicted molar refractivity (Wildman–Crippen MR) is 132 cm³/mol. The first-order valence-electron chi connectivity index (χ1n) is 10.9. The van der Waals surface area contributed by atoms with Crippen LogP contribution in [-0.4, -0.2) is 58.0 Å². The Morgan fingerprint density at radius 2 is 2.06 bits per heavy atom. The maximum absolute atomic E-state index is 11.9. The van der Waals surface area contributed by atoms with Crippen LogP contribution in [0.25, 0.3) is 6.08 Å². The molecule has 6 nitrogen and oxygen atoms in total. The quantitative estimate of drug-likeness (QED) is 0.653. The molecule has 0 saturated carbocycles. The van der Waals surface area contributed by atoms with Crippen molar-refractivity contribution < 1.29 is 5.11 Å². The van der Waals surface area contributed by atoms with Gasteiger partial charge >= 0.3 is 0 Å². The standard InChI is InChI=1S/C24H27BrClN5O/c1-24(32,21-13-28-14-30(21)2)20-10-15-9-17(26)3-4-18(15)23(31-7-5-27-6-8-31)22-19(20)11-16(25)12-29-22/h3-4,9-14,19,22-23,27,32H,5-8H2,1-2H3/t19?,22?,23-,24?/m0/s1. The van der Waals surface area contributed by atoms with E-state index >= 15 is 0 Å². The predicted octanol–water partition coefficient (Wildman–Crippen LogP) is 3.67. The van der Waals surface area contributed by atoms with Crippen molar-refractivity contribution in [3.05, 3.63) is 68.7 Å². The maximum atomic E-state index is 11.9. The van der Waals surface area contributed by atoms with Crippen LogP contribution in [0, 0.1) is 5.92 Å². The number of aryl methyl sites for hydroxylation is 1. The molecule has 168 valence electrons. The molecular formula is C24H27BrClN5O. The maximum Gasteiger partial charge on any atom is 0.125 e. The van der Waals surface area contributed by atoms with E-state index in [1.54, 1.807) is 12.5 Å². The van der Waals surface area contributed by atoms with E-state index in [2.05, 4.69) is 49.3 Å². The number of piperazine rings is 1. The van der Waals surface area contributed by atoms with E-state index in [0.29, 0.717) is 5.02 Å².